The van der Waals surface area contributed by atoms with Gasteiger partial charge in [0.2, 0.25) is 5.91 Å². The van der Waals surface area contributed by atoms with Gasteiger partial charge in [0.1, 0.15) is 5.82 Å². The summed E-state index contributed by atoms with van der Waals surface area (Å²) in [6.45, 7) is 1.34. The van der Waals surface area contributed by atoms with Crippen LogP contribution < -0.4 is 5.56 Å². The molecule has 0 radical (unpaired) electrons. The molecule has 7 nitrogen and oxygen atoms in total. The Morgan fingerprint density at radius 1 is 1.03 bits per heavy atom. The van der Waals surface area contributed by atoms with Gasteiger partial charge in [-0.15, -0.1) is 0 Å². The molecule has 0 N–H and O–H groups in total. The average molecular weight is 411 g/mol. The zero-order valence-electron chi connectivity index (χ0n) is 16.0. The van der Waals surface area contributed by atoms with Gasteiger partial charge in [-0.2, -0.15) is 0 Å². The van der Waals surface area contributed by atoms with E-state index in [2.05, 4.69) is 4.98 Å². The van der Waals surface area contributed by atoms with Crippen LogP contribution in [0.3, 0.4) is 0 Å². The Balaban J connectivity index is 1.51. The van der Waals surface area contributed by atoms with Gasteiger partial charge >= 0.3 is 0 Å². The molecular formula is C21H21N3O4S. The van der Waals surface area contributed by atoms with Gasteiger partial charge in [-0.3, -0.25) is 14.2 Å². The molecule has 0 saturated carbocycles. The van der Waals surface area contributed by atoms with E-state index in [4.69, 9.17) is 0 Å². The van der Waals surface area contributed by atoms with Crippen LogP contribution in [0, 0.1) is 0 Å². The molecule has 2 aromatic carbocycles. The fourth-order valence-electron chi connectivity index (χ4n) is 3.59. The van der Waals surface area contributed by atoms with Crippen molar-refractivity contribution in [2.75, 3.05) is 19.3 Å². The Morgan fingerprint density at radius 2 is 1.76 bits per heavy atom. The van der Waals surface area contributed by atoms with Crippen molar-refractivity contribution in [1.29, 1.82) is 0 Å². The summed E-state index contributed by atoms with van der Waals surface area (Å²) in [5, 5.41) is 0.585. The molecule has 0 saturated heterocycles. The van der Waals surface area contributed by atoms with Gasteiger partial charge in [0.05, 0.1) is 22.2 Å². The lowest BCUT2D eigenvalue weighted by atomic mass is 10.1. The molecule has 1 aromatic heterocycles. The Bertz CT molecular complexity index is 1250. The third kappa shape index (κ3) is 3.93. The zero-order valence-corrected chi connectivity index (χ0v) is 16.9. The number of amides is 1. The summed E-state index contributed by atoms with van der Waals surface area (Å²) >= 11 is 0. The number of carbonyl (C=O) groups is 1. The number of para-hydroxylation sites is 1. The molecule has 1 amide bonds. The van der Waals surface area contributed by atoms with E-state index in [1.54, 1.807) is 27.7 Å². The highest BCUT2D eigenvalue weighted by Gasteiger charge is 2.21. The van der Waals surface area contributed by atoms with Crippen LogP contribution >= 0.6 is 0 Å². The summed E-state index contributed by atoms with van der Waals surface area (Å²) < 4.78 is 24.8. The third-order valence-corrected chi connectivity index (χ3v) is 6.33. The molecule has 4 rings (SSSR count). The fraction of sp³-hybridized carbons (Fsp3) is 0.286. The second-order valence-electron chi connectivity index (χ2n) is 7.23. The Labute approximate surface area is 168 Å². The zero-order chi connectivity index (χ0) is 20.6. The molecule has 0 bridgehead atoms. The minimum Gasteiger partial charge on any atom is -0.340 e. The van der Waals surface area contributed by atoms with E-state index in [1.165, 1.54) is 12.1 Å². The van der Waals surface area contributed by atoms with E-state index >= 15 is 0 Å². The second-order valence-corrected chi connectivity index (χ2v) is 9.24. The first-order valence-corrected chi connectivity index (χ1v) is 11.3. The molecule has 3 aromatic rings. The number of hydrogen-bond donors (Lipinski definition) is 0. The van der Waals surface area contributed by atoms with Gasteiger partial charge in [0.25, 0.3) is 5.56 Å². The first-order valence-electron chi connectivity index (χ1n) is 9.38. The lowest BCUT2D eigenvalue weighted by Crippen LogP contribution is -2.35. The maximum Gasteiger partial charge on any atom is 0.261 e. The number of rotatable bonds is 3. The van der Waals surface area contributed by atoms with Crippen LogP contribution in [0.1, 0.15) is 11.4 Å². The summed E-state index contributed by atoms with van der Waals surface area (Å²) in [7, 11) is -3.26. The maximum absolute atomic E-state index is 12.8. The summed E-state index contributed by atoms with van der Waals surface area (Å²) in [5.74, 6) is 0.643. The van der Waals surface area contributed by atoms with Crippen molar-refractivity contribution in [2.45, 2.75) is 24.3 Å². The van der Waals surface area contributed by atoms with Gasteiger partial charge in [-0.1, -0.05) is 24.3 Å². The first-order chi connectivity index (χ1) is 13.8. The number of nitrogens with zero attached hydrogens (tertiary/aromatic N) is 3. The third-order valence-electron chi connectivity index (χ3n) is 5.20. The fourth-order valence-corrected chi connectivity index (χ4v) is 4.22. The van der Waals surface area contributed by atoms with Crippen LogP contribution in [-0.4, -0.2) is 48.1 Å². The summed E-state index contributed by atoms with van der Waals surface area (Å²) in [6.07, 6.45) is 1.85. The van der Waals surface area contributed by atoms with Crippen LogP contribution in [0.25, 0.3) is 10.9 Å². The quantitative estimate of drug-likeness (QED) is 0.650. The van der Waals surface area contributed by atoms with E-state index in [9.17, 15) is 18.0 Å². The average Bonchev–Trinajstić information content (AvgIpc) is 2.91. The standard InChI is InChI=1S/C21H21N3O4S/c1-29(27,28)16-8-6-15(7-9-16)14-20(25)23-11-10-19-22-18-5-3-2-4-17(18)21(26)24(19)13-12-23/h2-9H,10-14H2,1H3. The van der Waals surface area contributed by atoms with E-state index in [1.807, 2.05) is 18.2 Å². The highest BCUT2D eigenvalue weighted by atomic mass is 32.2. The second kappa shape index (κ2) is 7.44. The van der Waals surface area contributed by atoms with Crippen molar-refractivity contribution in [2.24, 2.45) is 0 Å². The van der Waals surface area contributed by atoms with Gasteiger partial charge in [0.15, 0.2) is 9.84 Å². The molecule has 8 heteroatoms. The van der Waals surface area contributed by atoms with Crippen LogP contribution in [0.4, 0.5) is 0 Å². The monoisotopic (exact) mass is 411 g/mol. The van der Waals surface area contributed by atoms with Crippen LogP contribution in [0.15, 0.2) is 58.2 Å². The molecule has 29 heavy (non-hydrogen) atoms. The maximum atomic E-state index is 12.8. The molecule has 2 heterocycles. The van der Waals surface area contributed by atoms with Crippen molar-refractivity contribution < 1.29 is 13.2 Å². The summed E-state index contributed by atoms with van der Waals surface area (Å²) in [5.41, 5.74) is 1.36. The minimum absolute atomic E-state index is 0.0532. The van der Waals surface area contributed by atoms with Gasteiger partial charge in [-0.05, 0) is 29.8 Å². The van der Waals surface area contributed by atoms with E-state index in [0.29, 0.717) is 42.8 Å². The summed E-state index contributed by atoms with van der Waals surface area (Å²) in [6, 6.07) is 13.6. The first kappa shape index (κ1) is 19.3. The topological polar surface area (TPSA) is 89.3 Å². The van der Waals surface area contributed by atoms with Crippen molar-refractivity contribution >= 4 is 26.6 Å². The molecule has 0 fully saturated rings. The van der Waals surface area contributed by atoms with Gasteiger partial charge in [-0.25, -0.2) is 13.4 Å². The highest BCUT2D eigenvalue weighted by molar-refractivity contribution is 7.90. The highest BCUT2D eigenvalue weighted by Crippen LogP contribution is 2.14. The van der Waals surface area contributed by atoms with Gasteiger partial charge in [0, 0.05) is 32.3 Å². The van der Waals surface area contributed by atoms with Crippen LogP contribution in [0.5, 0.6) is 0 Å². The molecule has 0 atom stereocenters. The van der Waals surface area contributed by atoms with E-state index in [-0.39, 0.29) is 22.8 Å². The number of aromatic nitrogens is 2. The normalized spacial score (nSPS) is 14.4. The predicted molar refractivity (Wildman–Crippen MR) is 110 cm³/mol. The minimum atomic E-state index is -3.26. The number of fused-ring (bicyclic) bond motifs is 2. The molecular weight excluding hydrogens is 390 g/mol. The number of hydrogen-bond acceptors (Lipinski definition) is 5. The van der Waals surface area contributed by atoms with Crippen molar-refractivity contribution in [1.82, 2.24) is 14.5 Å². The smallest absolute Gasteiger partial charge is 0.261 e. The van der Waals surface area contributed by atoms with Crippen LogP contribution in [-0.2, 0) is 34.0 Å². The lowest BCUT2D eigenvalue weighted by molar-refractivity contribution is -0.130. The van der Waals surface area contributed by atoms with E-state index < -0.39 is 9.84 Å². The number of benzene rings is 2. The van der Waals surface area contributed by atoms with Crippen molar-refractivity contribution in [3.05, 3.63) is 70.3 Å². The van der Waals surface area contributed by atoms with Gasteiger partial charge < -0.3 is 4.90 Å². The molecule has 0 spiro atoms. The van der Waals surface area contributed by atoms with Crippen LogP contribution in [0.2, 0.25) is 0 Å². The molecule has 150 valence electrons. The molecule has 0 aliphatic carbocycles. The van der Waals surface area contributed by atoms with Crippen molar-refractivity contribution in [3.63, 3.8) is 0 Å². The molecule has 1 aliphatic heterocycles. The number of sulfone groups is 1. The lowest BCUT2D eigenvalue weighted by Gasteiger charge is -2.20. The predicted octanol–water partition coefficient (Wildman–Crippen LogP) is 1.43. The molecule has 1 aliphatic rings. The summed E-state index contributed by atoms with van der Waals surface area (Å²) in [4.78, 5) is 32.1. The Hall–Kier alpha value is -3.00. The van der Waals surface area contributed by atoms with E-state index in [0.717, 1.165) is 11.8 Å². The number of carbonyl (C=O) groups excluding carboxylic acids is 1. The largest absolute Gasteiger partial charge is 0.340 e. The van der Waals surface area contributed by atoms with Crippen molar-refractivity contribution in [3.8, 4) is 0 Å². The SMILES string of the molecule is CS(=O)(=O)c1ccc(CC(=O)N2CCc3nc4ccccc4c(=O)n3CC2)cc1. The Kier molecular flexibility index (Phi) is 4.96. The molecule has 0 unspecified atom stereocenters. The Morgan fingerprint density at radius 3 is 2.48 bits per heavy atom.